The molecule has 1 atom stereocenters. The summed E-state index contributed by atoms with van der Waals surface area (Å²) in [5.74, 6) is -1.99. The van der Waals surface area contributed by atoms with Crippen LogP contribution in [0.5, 0.6) is 0 Å². The van der Waals surface area contributed by atoms with E-state index in [0.717, 1.165) is 16.7 Å². The van der Waals surface area contributed by atoms with Gasteiger partial charge in [0.2, 0.25) is 0 Å². The van der Waals surface area contributed by atoms with Crippen molar-refractivity contribution in [3.05, 3.63) is 136 Å². The van der Waals surface area contributed by atoms with E-state index in [1.54, 1.807) is 36.5 Å². The number of nitrogens with zero attached hydrogens (tertiary/aromatic N) is 1. The van der Waals surface area contributed by atoms with Crippen LogP contribution in [0.3, 0.4) is 0 Å². The largest absolute Gasteiger partial charge is 0.480 e. The Kier molecular flexibility index (Phi) is 10.3. The van der Waals surface area contributed by atoms with E-state index in [9.17, 15) is 28.6 Å². The number of carboxylic acids is 1. The molecule has 42 heavy (non-hydrogen) atoms. The van der Waals surface area contributed by atoms with Crippen LogP contribution in [0, 0.1) is 6.92 Å². The third kappa shape index (κ3) is 7.74. The number of aliphatic carboxylic acids is 1. The van der Waals surface area contributed by atoms with Crippen LogP contribution < -0.4 is 15.6 Å². The first-order chi connectivity index (χ1) is 20.2. The molecule has 1 heterocycles. The topological polar surface area (TPSA) is 141 Å². The van der Waals surface area contributed by atoms with E-state index in [1.165, 1.54) is 10.6 Å². The van der Waals surface area contributed by atoms with Crippen molar-refractivity contribution < 1.29 is 23.8 Å². The number of hydrogen-bond donors (Lipinski definition) is 5. The maximum absolute atomic E-state index is 13.6. The average molecular weight is 590 g/mol. The molecule has 0 aliphatic heterocycles. The fourth-order valence-electron chi connectivity index (χ4n) is 4.66. The van der Waals surface area contributed by atoms with E-state index in [-0.39, 0.29) is 18.5 Å². The van der Waals surface area contributed by atoms with Crippen molar-refractivity contribution in [3.8, 4) is 0 Å². The molecule has 0 aliphatic carbocycles. The van der Waals surface area contributed by atoms with Crippen LogP contribution in [0.15, 0.2) is 113 Å². The Morgan fingerprint density at radius 3 is 2.00 bits per heavy atom. The van der Waals surface area contributed by atoms with Crippen LogP contribution in [0.25, 0.3) is 0 Å². The standard InChI is InChI=1S/C32H35N3O6S/c1-23-17-19-26(20-18-23)42(40,41)33-21-9-8-16-28(32(38)39)34-30(36)27-15-10-22-35(31(27)37)29(24-11-4-2-5-12-24)25-13-6-3-7-14-25/h2-7,10-15,17-20,22,28-29,33,40-41H,8-9,16,21H2,1H3,(H,34,36)(H,38,39)/t28-/m0/s1. The van der Waals surface area contributed by atoms with E-state index >= 15 is 0 Å². The fraction of sp³-hybridized carbons (Fsp3) is 0.219. The number of carboxylic acid groups (broad SMARTS) is 1. The SMILES string of the molecule is Cc1ccc(S(O)(O)NCCCC[C@H](NC(=O)c2cccn(C(c3ccccc3)c3ccccc3)c2=O)C(=O)O)cc1. The lowest BCUT2D eigenvalue weighted by molar-refractivity contribution is -0.139. The van der Waals surface area contributed by atoms with Gasteiger partial charge in [0.1, 0.15) is 11.6 Å². The van der Waals surface area contributed by atoms with E-state index in [4.69, 9.17) is 0 Å². The van der Waals surface area contributed by atoms with Crippen LogP contribution in [-0.2, 0) is 4.79 Å². The van der Waals surface area contributed by atoms with Gasteiger partial charge in [0.25, 0.3) is 11.5 Å². The molecule has 0 aliphatic rings. The summed E-state index contributed by atoms with van der Waals surface area (Å²) >= 11 is 0. The molecule has 0 saturated heterocycles. The number of benzene rings is 3. The highest BCUT2D eigenvalue weighted by molar-refractivity contribution is 8.22. The molecule has 10 heteroatoms. The van der Waals surface area contributed by atoms with Gasteiger partial charge in [0, 0.05) is 12.7 Å². The number of rotatable bonds is 13. The molecule has 5 N–H and O–H groups in total. The second-order valence-corrected chi connectivity index (χ2v) is 11.8. The quantitative estimate of drug-likeness (QED) is 0.130. The molecule has 0 spiro atoms. The van der Waals surface area contributed by atoms with Crippen molar-refractivity contribution in [2.24, 2.45) is 0 Å². The number of hydrogen-bond acceptors (Lipinski definition) is 6. The summed E-state index contributed by atoms with van der Waals surface area (Å²) in [4.78, 5) is 39.1. The zero-order valence-electron chi connectivity index (χ0n) is 23.2. The Morgan fingerprint density at radius 1 is 0.833 bits per heavy atom. The first-order valence-corrected chi connectivity index (χ1v) is 15.2. The predicted octanol–water partition coefficient (Wildman–Crippen LogP) is 5.46. The fourth-order valence-corrected chi connectivity index (χ4v) is 5.77. The van der Waals surface area contributed by atoms with Gasteiger partial charge in [-0.25, -0.2) is 9.52 Å². The van der Waals surface area contributed by atoms with Gasteiger partial charge >= 0.3 is 5.97 Å². The molecule has 4 rings (SSSR count). The van der Waals surface area contributed by atoms with Crippen LogP contribution in [-0.4, -0.2) is 43.2 Å². The third-order valence-electron chi connectivity index (χ3n) is 6.90. The number of pyridine rings is 1. The number of unbranched alkanes of at least 4 members (excludes halogenated alkanes) is 1. The molecule has 1 amide bonds. The van der Waals surface area contributed by atoms with Crippen molar-refractivity contribution in [1.29, 1.82) is 0 Å². The summed E-state index contributed by atoms with van der Waals surface area (Å²) in [5, 5.41) is 12.2. The van der Waals surface area contributed by atoms with Gasteiger partial charge in [-0.3, -0.25) is 18.7 Å². The Balaban J connectivity index is 1.42. The summed E-state index contributed by atoms with van der Waals surface area (Å²) < 4.78 is 25.0. The van der Waals surface area contributed by atoms with E-state index in [0.29, 0.717) is 17.7 Å². The molecule has 1 aromatic heterocycles. The average Bonchev–Trinajstić information content (AvgIpc) is 2.98. The second kappa shape index (κ2) is 14.1. The van der Waals surface area contributed by atoms with E-state index in [2.05, 4.69) is 10.0 Å². The highest BCUT2D eigenvalue weighted by Gasteiger charge is 2.24. The Labute approximate surface area is 246 Å². The summed E-state index contributed by atoms with van der Waals surface area (Å²) in [6.45, 7) is 2.14. The number of aromatic nitrogens is 1. The number of aryl methyl sites for hydroxylation is 1. The van der Waals surface area contributed by atoms with Gasteiger partial charge in [0.15, 0.2) is 0 Å². The highest BCUT2D eigenvalue weighted by Crippen LogP contribution is 2.43. The van der Waals surface area contributed by atoms with Gasteiger partial charge < -0.3 is 15.0 Å². The van der Waals surface area contributed by atoms with Crippen molar-refractivity contribution >= 4 is 22.7 Å². The normalized spacial score (nSPS) is 12.6. The van der Waals surface area contributed by atoms with E-state index < -0.39 is 40.3 Å². The van der Waals surface area contributed by atoms with Crippen LogP contribution in [0.4, 0.5) is 0 Å². The Morgan fingerprint density at radius 2 is 1.43 bits per heavy atom. The first-order valence-electron chi connectivity index (χ1n) is 13.6. The van der Waals surface area contributed by atoms with E-state index in [1.807, 2.05) is 67.6 Å². The number of carbonyl (C=O) groups excluding carboxylic acids is 1. The minimum atomic E-state index is -3.18. The van der Waals surface area contributed by atoms with Crippen LogP contribution in [0.2, 0.25) is 0 Å². The molecule has 3 aromatic carbocycles. The lowest BCUT2D eigenvalue weighted by atomic mass is 9.98. The van der Waals surface area contributed by atoms with Gasteiger partial charge in [-0.05, 0) is 61.6 Å². The Bertz CT molecular complexity index is 1500. The molecule has 220 valence electrons. The summed E-state index contributed by atoms with van der Waals surface area (Å²) in [6, 6.07) is 27.1. The molecule has 0 radical (unpaired) electrons. The maximum atomic E-state index is 13.6. The number of nitrogens with one attached hydrogen (secondary N) is 2. The number of carbonyl (C=O) groups is 2. The summed E-state index contributed by atoms with van der Waals surface area (Å²) in [6.07, 6.45) is 2.54. The Hall–Kier alpha value is -4.22. The van der Waals surface area contributed by atoms with Gasteiger partial charge in [0.05, 0.1) is 10.9 Å². The van der Waals surface area contributed by atoms with Gasteiger partial charge in [-0.15, -0.1) is 10.8 Å². The lowest BCUT2D eigenvalue weighted by Gasteiger charge is -2.33. The molecule has 4 aromatic rings. The second-order valence-electron chi connectivity index (χ2n) is 9.97. The van der Waals surface area contributed by atoms with Crippen LogP contribution >= 0.6 is 10.8 Å². The van der Waals surface area contributed by atoms with Crippen LogP contribution in [0.1, 0.15) is 52.4 Å². The molecule has 0 bridgehead atoms. The molecule has 0 unspecified atom stereocenters. The van der Waals surface area contributed by atoms with Gasteiger partial charge in [-0.2, -0.15) is 0 Å². The molecular weight excluding hydrogens is 554 g/mol. The number of amides is 1. The zero-order chi connectivity index (χ0) is 30.1. The molecule has 0 saturated carbocycles. The summed E-state index contributed by atoms with van der Waals surface area (Å²) in [5.41, 5.74) is 2.02. The predicted molar refractivity (Wildman–Crippen MR) is 164 cm³/mol. The van der Waals surface area contributed by atoms with Crippen molar-refractivity contribution in [2.75, 3.05) is 6.54 Å². The molecular formula is C32H35N3O6S. The summed E-state index contributed by atoms with van der Waals surface area (Å²) in [7, 11) is -3.18. The molecule has 9 nitrogen and oxygen atoms in total. The monoisotopic (exact) mass is 589 g/mol. The minimum Gasteiger partial charge on any atom is -0.480 e. The van der Waals surface area contributed by atoms with Crippen molar-refractivity contribution in [1.82, 2.24) is 14.6 Å². The zero-order valence-corrected chi connectivity index (χ0v) is 24.0. The molecule has 0 fully saturated rings. The minimum absolute atomic E-state index is 0.101. The van der Waals surface area contributed by atoms with Gasteiger partial charge in [-0.1, -0.05) is 78.4 Å². The smallest absolute Gasteiger partial charge is 0.326 e. The highest BCUT2D eigenvalue weighted by atomic mass is 32.3. The third-order valence-corrected chi connectivity index (χ3v) is 8.44. The van der Waals surface area contributed by atoms with Crippen molar-refractivity contribution in [2.45, 2.75) is 43.2 Å². The first kappa shape index (κ1) is 30.7. The lowest BCUT2D eigenvalue weighted by Crippen LogP contribution is -2.43. The maximum Gasteiger partial charge on any atom is 0.326 e. The van der Waals surface area contributed by atoms with Crippen molar-refractivity contribution in [3.63, 3.8) is 0 Å².